The first kappa shape index (κ1) is 12.8. The fourth-order valence-electron chi connectivity index (χ4n) is 1.09. The maximum Gasteiger partial charge on any atom is 0.243 e. The zero-order valence-corrected chi connectivity index (χ0v) is 10.1. The SMILES string of the molecule is CC[C@@H](C)Nc1nc(Cl)nc(OC)c1N[O-]. The average molecular weight is 246 g/mol. The summed E-state index contributed by atoms with van der Waals surface area (Å²) in [6.07, 6.45) is 0.891. The maximum absolute atomic E-state index is 10.8. The zero-order valence-electron chi connectivity index (χ0n) is 9.37. The molecule has 1 atom stereocenters. The molecule has 1 rings (SSSR count). The second-order valence-corrected chi connectivity index (χ2v) is 3.62. The molecule has 1 heterocycles. The van der Waals surface area contributed by atoms with Crippen molar-refractivity contribution in [2.45, 2.75) is 26.3 Å². The molecule has 0 radical (unpaired) electrons. The van der Waals surface area contributed by atoms with E-state index in [0.717, 1.165) is 6.42 Å². The molecular weight excluding hydrogens is 232 g/mol. The van der Waals surface area contributed by atoms with Crippen molar-refractivity contribution in [2.75, 3.05) is 17.9 Å². The van der Waals surface area contributed by atoms with E-state index in [0.29, 0.717) is 5.82 Å². The quantitative estimate of drug-likeness (QED) is 0.612. The molecule has 16 heavy (non-hydrogen) atoms. The molecule has 90 valence electrons. The number of nitrogens with one attached hydrogen (secondary N) is 2. The van der Waals surface area contributed by atoms with Gasteiger partial charge in [0, 0.05) is 6.04 Å². The summed E-state index contributed by atoms with van der Waals surface area (Å²) in [6, 6.07) is 0.169. The van der Waals surface area contributed by atoms with Crippen molar-refractivity contribution in [3.05, 3.63) is 10.5 Å². The summed E-state index contributed by atoms with van der Waals surface area (Å²) in [4.78, 5) is 7.73. The number of rotatable bonds is 5. The van der Waals surface area contributed by atoms with Crippen LogP contribution in [0.2, 0.25) is 5.28 Å². The van der Waals surface area contributed by atoms with E-state index in [1.54, 1.807) is 5.48 Å². The van der Waals surface area contributed by atoms with E-state index in [9.17, 15) is 5.21 Å². The summed E-state index contributed by atoms with van der Waals surface area (Å²) in [5.41, 5.74) is 1.91. The van der Waals surface area contributed by atoms with E-state index < -0.39 is 0 Å². The van der Waals surface area contributed by atoms with Gasteiger partial charge in [0.25, 0.3) is 0 Å². The summed E-state index contributed by atoms with van der Waals surface area (Å²) < 4.78 is 4.93. The first-order valence-corrected chi connectivity index (χ1v) is 5.26. The molecule has 1 aromatic rings. The van der Waals surface area contributed by atoms with Crippen LogP contribution >= 0.6 is 11.6 Å². The van der Waals surface area contributed by atoms with Gasteiger partial charge in [0.2, 0.25) is 11.2 Å². The Morgan fingerprint density at radius 3 is 2.69 bits per heavy atom. The molecule has 0 aliphatic heterocycles. The van der Waals surface area contributed by atoms with Crippen LogP contribution in [0.4, 0.5) is 11.5 Å². The Kier molecular flexibility index (Phi) is 4.57. The second-order valence-electron chi connectivity index (χ2n) is 3.28. The van der Waals surface area contributed by atoms with Crippen LogP contribution in [0.25, 0.3) is 0 Å². The van der Waals surface area contributed by atoms with Gasteiger partial charge in [-0.25, -0.2) is 0 Å². The van der Waals surface area contributed by atoms with Crippen LogP contribution in [-0.4, -0.2) is 23.1 Å². The lowest BCUT2D eigenvalue weighted by atomic mass is 10.2. The van der Waals surface area contributed by atoms with E-state index in [1.807, 2.05) is 13.8 Å². The van der Waals surface area contributed by atoms with Crippen LogP contribution in [0.1, 0.15) is 20.3 Å². The van der Waals surface area contributed by atoms with E-state index in [2.05, 4.69) is 15.3 Å². The van der Waals surface area contributed by atoms with Crippen molar-refractivity contribution >= 4 is 23.1 Å². The van der Waals surface area contributed by atoms with Gasteiger partial charge >= 0.3 is 0 Å². The van der Waals surface area contributed by atoms with E-state index in [4.69, 9.17) is 16.3 Å². The van der Waals surface area contributed by atoms with Crippen molar-refractivity contribution in [3.63, 3.8) is 0 Å². The highest BCUT2D eigenvalue weighted by Gasteiger charge is 2.13. The van der Waals surface area contributed by atoms with Gasteiger partial charge in [0.15, 0.2) is 5.82 Å². The molecule has 0 spiro atoms. The number of hydrogen-bond acceptors (Lipinski definition) is 6. The van der Waals surface area contributed by atoms with Crippen molar-refractivity contribution < 1.29 is 4.74 Å². The maximum atomic E-state index is 10.8. The zero-order chi connectivity index (χ0) is 12.1. The fourth-order valence-corrected chi connectivity index (χ4v) is 1.26. The van der Waals surface area contributed by atoms with Gasteiger partial charge in [-0.05, 0) is 24.9 Å². The topological polar surface area (TPSA) is 82.1 Å². The Hall–Kier alpha value is -1.27. The van der Waals surface area contributed by atoms with Crippen molar-refractivity contribution in [2.24, 2.45) is 0 Å². The minimum atomic E-state index is 0.0293. The van der Waals surface area contributed by atoms with Gasteiger partial charge < -0.3 is 20.7 Å². The number of nitrogens with zero attached hydrogens (tertiary/aromatic N) is 2. The Bertz CT molecular complexity index is 362. The van der Waals surface area contributed by atoms with Gasteiger partial charge in [-0.15, -0.1) is 0 Å². The highest BCUT2D eigenvalue weighted by molar-refractivity contribution is 6.28. The summed E-state index contributed by atoms with van der Waals surface area (Å²) >= 11 is 5.71. The lowest BCUT2D eigenvalue weighted by Crippen LogP contribution is -2.16. The first-order valence-electron chi connectivity index (χ1n) is 4.88. The van der Waals surface area contributed by atoms with Crippen molar-refractivity contribution in [1.29, 1.82) is 0 Å². The lowest BCUT2D eigenvalue weighted by molar-refractivity contribution is 0.399. The number of aromatic nitrogens is 2. The Labute approximate surface area is 99.0 Å². The first-order chi connectivity index (χ1) is 7.62. The lowest BCUT2D eigenvalue weighted by Gasteiger charge is -2.20. The number of anilines is 2. The van der Waals surface area contributed by atoms with Crippen LogP contribution in [0, 0.1) is 5.21 Å². The minimum Gasteiger partial charge on any atom is -0.761 e. The molecule has 0 bridgehead atoms. The Morgan fingerprint density at radius 1 is 1.50 bits per heavy atom. The third-order valence-electron chi connectivity index (χ3n) is 2.14. The van der Waals surface area contributed by atoms with Crippen LogP contribution < -0.4 is 15.5 Å². The highest BCUT2D eigenvalue weighted by atomic mass is 35.5. The van der Waals surface area contributed by atoms with Gasteiger partial charge in [0.05, 0.1) is 7.11 Å². The minimum absolute atomic E-state index is 0.0293. The van der Waals surface area contributed by atoms with Crippen molar-refractivity contribution in [3.8, 4) is 5.88 Å². The molecule has 0 aliphatic rings. The smallest absolute Gasteiger partial charge is 0.243 e. The van der Waals surface area contributed by atoms with Crippen LogP contribution in [-0.2, 0) is 0 Å². The Morgan fingerprint density at radius 2 is 2.19 bits per heavy atom. The largest absolute Gasteiger partial charge is 0.761 e. The predicted octanol–water partition coefficient (Wildman–Crippen LogP) is 2.26. The van der Waals surface area contributed by atoms with E-state index in [1.165, 1.54) is 7.11 Å². The van der Waals surface area contributed by atoms with Crippen LogP contribution in [0.3, 0.4) is 0 Å². The standard InChI is InChI=1S/C9H14ClN4O2/c1-4-5(2)11-7-6(14-15)8(16-3)13-9(10)12-7/h5,14H,4H2,1-3H3,(H,11,12,13)/q-1/t5-/m1/s1. The number of halogens is 1. The average Bonchev–Trinajstić information content (AvgIpc) is 2.28. The molecule has 0 saturated carbocycles. The molecule has 2 N–H and O–H groups in total. The van der Waals surface area contributed by atoms with Gasteiger partial charge in [0.1, 0.15) is 5.69 Å². The molecule has 0 fully saturated rings. The molecule has 0 aliphatic carbocycles. The molecule has 1 aromatic heterocycles. The Balaban J connectivity index is 3.09. The van der Waals surface area contributed by atoms with Crippen molar-refractivity contribution in [1.82, 2.24) is 9.97 Å². The van der Waals surface area contributed by atoms with Gasteiger partial charge in [-0.2, -0.15) is 9.97 Å². The molecule has 6 nitrogen and oxygen atoms in total. The monoisotopic (exact) mass is 245 g/mol. The summed E-state index contributed by atoms with van der Waals surface area (Å²) in [5.74, 6) is 0.474. The fraction of sp³-hybridized carbons (Fsp3) is 0.556. The molecule has 0 aromatic carbocycles. The molecule has 7 heteroatoms. The molecule has 0 amide bonds. The summed E-state index contributed by atoms with van der Waals surface area (Å²) in [5, 5.41) is 13.9. The van der Waals surface area contributed by atoms with Crippen LogP contribution in [0.15, 0.2) is 0 Å². The second kappa shape index (κ2) is 5.72. The molecule has 0 unspecified atom stereocenters. The highest BCUT2D eigenvalue weighted by Crippen LogP contribution is 2.30. The van der Waals surface area contributed by atoms with Gasteiger partial charge in [-0.3, -0.25) is 0 Å². The third-order valence-corrected chi connectivity index (χ3v) is 2.31. The third kappa shape index (κ3) is 2.86. The predicted molar refractivity (Wildman–Crippen MR) is 64.0 cm³/mol. The van der Waals surface area contributed by atoms with E-state index in [-0.39, 0.29) is 22.9 Å². The molecule has 0 saturated heterocycles. The number of methoxy groups -OCH3 is 1. The summed E-state index contributed by atoms with van der Waals surface area (Å²) in [6.45, 7) is 3.99. The molecular formula is C9H14ClN4O2-. The van der Waals surface area contributed by atoms with Crippen LogP contribution in [0.5, 0.6) is 5.88 Å². The van der Waals surface area contributed by atoms with Gasteiger partial charge in [-0.1, -0.05) is 6.92 Å². The summed E-state index contributed by atoms with van der Waals surface area (Å²) in [7, 11) is 1.41. The number of ether oxygens (including phenoxy) is 1. The normalized spacial score (nSPS) is 12.1. The number of hydrogen-bond donors (Lipinski definition) is 2. The van der Waals surface area contributed by atoms with E-state index >= 15 is 0 Å².